The molecule has 0 aliphatic carbocycles. The van der Waals surface area contributed by atoms with Gasteiger partial charge in [-0.25, -0.2) is 4.98 Å². The van der Waals surface area contributed by atoms with Crippen molar-refractivity contribution in [1.29, 1.82) is 0 Å². The Balaban J connectivity index is 1.25. The molecule has 1 saturated heterocycles. The van der Waals surface area contributed by atoms with Gasteiger partial charge in [0.1, 0.15) is 18.2 Å². The second-order valence-corrected chi connectivity index (χ2v) is 9.34. The first-order valence-corrected chi connectivity index (χ1v) is 12.1. The Morgan fingerprint density at radius 2 is 1.78 bits per heavy atom. The number of nitrogens with zero attached hydrogens (tertiary/aromatic N) is 3. The average molecular weight is 446 g/mol. The van der Waals surface area contributed by atoms with Crippen molar-refractivity contribution >= 4 is 28.3 Å². The number of para-hydroxylation sites is 3. The number of carbonyl (C=O) groups excluding carboxylic acids is 1. The number of aromatic nitrogens is 2. The van der Waals surface area contributed by atoms with Crippen LogP contribution in [-0.4, -0.2) is 33.4 Å². The van der Waals surface area contributed by atoms with Gasteiger partial charge in [0.15, 0.2) is 0 Å². The van der Waals surface area contributed by atoms with Crippen LogP contribution in [0.15, 0.2) is 72.1 Å². The van der Waals surface area contributed by atoms with Gasteiger partial charge in [-0.3, -0.25) is 4.79 Å². The number of hydrogen-bond acceptors (Lipinski definition) is 4. The average Bonchev–Trinajstić information content (AvgIpc) is 3.47. The van der Waals surface area contributed by atoms with Crippen molar-refractivity contribution in [2.45, 2.75) is 32.4 Å². The van der Waals surface area contributed by atoms with Gasteiger partial charge in [-0.05, 0) is 54.5 Å². The predicted molar refractivity (Wildman–Crippen MR) is 128 cm³/mol. The summed E-state index contributed by atoms with van der Waals surface area (Å²) in [6.07, 6.45) is 2.55. The largest absolute Gasteiger partial charge is 0.486 e. The van der Waals surface area contributed by atoms with E-state index in [1.807, 2.05) is 58.8 Å². The lowest BCUT2D eigenvalue weighted by molar-refractivity contribution is -0.131. The van der Waals surface area contributed by atoms with Crippen molar-refractivity contribution < 1.29 is 9.53 Å². The van der Waals surface area contributed by atoms with Crippen LogP contribution in [0.3, 0.4) is 0 Å². The number of fused-ring (bicyclic) bond motifs is 1. The van der Waals surface area contributed by atoms with Crippen LogP contribution in [0.5, 0.6) is 5.75 Å². The number of ether oxygens (including phenoxy) is 1. The fourth-order valence-corrected chi connectivity index (χ4v) is 5.10. The van der Waals surface area contributed by atoms with Gasteiger partial charge < -0.3 is 14.2 Å². The minimum atomic E-state index is 0.246. The van der Waals surface area contributed by atoms with Gasteiger partial charge in [0.05, 0.1) is 17.5 Å². The summed E-state index contributed by atoms with van der Waals surface area (Å²) >= 11 is 1.65. The highest BCUT2D eigenvalue weighted by Crippen LogP contribution is 2.25. The smallest absolute Gasteiger partial charge is 0.227 e. The molecule has 1 fully saturated rings. The van der Waals surface area contributed by atoms with Crippen molar-refractivity contribution in [3.8, 4) is 5.75 Å². The van der Waals surface area contributed by atoms with Gasteiger partial charge in [-0.15, -0.1) is 11.3 Å². The third-order valence-electron chi connectivity index (χ3n) is 6.16. The second kappa shape index (κ2) is 9.57. The van der Waals surface area contributed by atoms with Crippen molar-refractivity contribution in [1.82, 2.24) is 14.5 Å². The third kappa shape index (κ3) is 4.70. The molecule has 5 nitrogen and oxygen atoms in total. The predicted octanol–water partition coefficient (Wildman–Crippen LogP) is 5.16. The van der Waals surface area contributed by atoms with Crippen molar-refractivity contribution in [2.24, 2.45) is 5.92 Å². The summed E-state index contributed by atoms with van der Waals surface area (Å²) in [4.78, 5) is 20.7. The molecule has 0 radical (unpaired) electrons. The molecule has 6 heteroatoms. The maximum atomic E-state index is 12.6. The van der Waals surface area contributed by atoms with E-state index < -0.39 is 0 Å². The van der Waals surface area contributed by atoms with Gasteiger partial charge in [0.25, 0.3) is 0 Å². The van der Waals surface area contributed by atoms with E-state index in [9.17, 15) is 4.79 Å². The molecule has 4 aromatic rings. The van der Waals surface area contributed by atoms with E-state index in [1.54, 1.807) is 11.3 Å². The molecular weight excluding hydrogens is 418 g/mol. The standard InChI is InChI=1S/C26H27N3O2S/c30-26(17-22-9-6-16-32-22)28-14-12-20(13-15-28)18-29-24-11-5-4-10-23(24)27-25(29)19-31-21-7-2-1-3-8-21/h1-11,16,20H,12-15,17-19H2. The Kier molecular flexibility index (Phi) is 6.21. The lowest BCUT2D eigenvalue weighted by Crippen LogP contribution is -2.40. The van der Waals surface area contributed by atoms with Gasteiger partial charge in [-0.1, -0.05) is 36.4 Å². The Bertz CT molecular complexity index is 1160. The van der Waals surface area contributed by atoms with Gasteiger partial charge in [0.2, 0.25) is 5.91 Å². The first kappa shape index (κ1) is 20.8. The molecule has 0 spiro atoms. The minimum Gasteiger partial charge on any atom is -0.486 e. The Hall–Kier alpha value is -3.12. The number of amides is 1. The minimum absolute atomic E-state index is 0.246. The van der Waals surface area contributed by atoms with E-state index in [0.29, 0.717) is 18.9 Å². The molecule has 0 N–H and O–H groups in total. The first-order chi connectivity index (χ1) is 15.8. The molecule has 0 saturated carbocycles. The van der Waals surface area contributed by atoms with Gasteiger partial charge >= 0.3 is 0 Å². The van der Waals surface area contributed by atoms with E-state index in [4.69, 9.17) is 9.72 Å². The number of benzene rings is 2. The Morgan fingerprint density at radius 3 is 2.56 bits per heavy atom. The summed E-state index contributed by atoms with van der Waals surface area (Å²) in [5.41, 5.74) is 2.15. The molecule has 5 rings (SSSR count). The molecule has 1 aliphatic rings. The van der Waals surface area contributed by atoms with Crippen LogP contribution < -0.4 is 4.74 Å². The summed E-state index contributed by atoms with van der Waals surface area (Å²) < 4.78 is 8.33. The molecule has 3 heterocycles. The highest BCUT2D eigenvalue weighted by atomic mass is 32.1. The first-order valence-electron chi connectivity index (χ1n) is 11.2. The zero-order valence-corrected chi connectivity index (χ0v) is 18.8. The number of rotatable bonds is 7. The van der Waals surface area contributed by atoms with Crippen molar-refractivity contribution in [3.05, 3.63) is 82.8 Å². The summed E-state index contributed by atoms with van der Waals surface area (Å²) in [7, 11) is 0. The van der Waals surface area contributed by atoms with Crippen LogP contribution in [0.2, 0.25) is 0 Å². The maximum Gasteiger partial charge on any atom is 0.227 e. The molecule has 2 aromatic carbocycles. The third-order valence-corrected chi connectivity index (χ3v) is 7.03. The lowest BCUT2D eigenvalue weighted by Gasteiger charge is -2.32. The van der Waals surface area contributed by atoms with E-state index in [0.717, 1.165) is 60.0 Å². The zero-order valence-electron chi connectivity index (χ0n) is 18.0. The van der Waals surface area contributed by atoms with Crippen LogP contribution >= 0.6 is 11.3 Å². The van der Waals surface area contributed by atoms with E-state index in [-0.39, 0.29) is 5.91 Å². The quantitative estimate of drug-likeness (QED) is 0.395. The number of imidazole rings is 1. The fourth-order valence-electron chi connectivity index (χ4n) is 4.40. The summed E-state index contributed by atoms with van der Waals surface area (Å²) in [6, 6.07) is 22.2. The number of thiophene rings is 1. The molecule has 1 aliphatic heterocycles. The van der Waals surface area contributed by atoms with Crippen LogP contribution in [-0.2, 0) is 24.4 Å². The molecule has 164 valence electrons. The SMILES string of the molecule is O=C(Cc1cccs1)N1CCC(Cn2c(COc3ccccc3)nc3ccccc32)CC1. The highest BCUT2D eigenvalue weighted by Gasteiger charge is 2.24. The summed E-state index contributed by atoms with van der Waals surface area (Å²) in [6.45, 7) is 3.01. The van der Waals surface area contributed by atoms with Crippen LogP contribution in [0.4, 0.5) is 0 Å². The van der Waals surface area contributed by atoms with E-state index in [2.05, 4.69) is 22.8 Å². The maximum absolute atomic E-state index is 12.6. The normalized spacial score (nSPS) is 14.7. The van der Waals surface area contributed by atoms with Gasteiger partial charge in [0, 0.05) is 24.5 Å². The second-order valence-electron chi connectivity index (χ2n) is 8.31. The molecule has 2 aromatic heterocycles. The summed E-state index contributed by atoms with van der Waals surface area (Å²) in [5.74, 6) is 2.57. The van der Waals surface area contributed by atoms with Crippen molar-refractivity contribution in [3.63, 3.8) is 0 Å². The van der Waals surface area contributed by atoms with Crippen LogP contribution in [0.25, 0.3) is 11.0 Å². The molecule has 32 heavy (non-hydrogen) atoms. The number of hydrogen-bond donors (Lipinski definition) is 0. The molecular formula is C26H27N3O2S. The number of carbonyl (C=O) groups is 1. The zero-order chi connectivity index (χ0) is 21.8. The van der Waals surface area contributed by atoms with E-state index >= 15 is 0 Å². The monoisotopic (exact) mass is 445 g/mol. The lowest BCUT2D eigenvalue weighted by atomic mass is 9.96. The number of likely N-dealkylation sites (tertiary alicyclic amines) is 1. The fraction of sp³-hybridized carbons (Fsp3) is 0.308. The Labute approximate surface area is 192 Å². The Morgan fingerprint density at radius 1 is 1.00 bits per heavy atom. The van der Waals surface area contributed by atoms with E-state index in [1.165, 1.54) is 0 Å². The highest BCUT2D eigenvalue weighted by molar-refractivity contribution is 7.10. The number of piperidine rings is 1. The molecule has 0 unspecified atom stereocenters. The topological polar surface area (TPSA) is 47.4 Å². The van der Waals surface area contributed by atoms with Gasteiger partial charge in [-0.2, -0.15) is 0 Å². The molecule has 0 atom stereocenters. The van der Waals surface area contributed by atoms with Crippen molar-refractivity contribution in [2.75, 3.05) is 13.1 Å². The summed E-state index contributed by atoms with van der Waals surface area (Å²) in [5, 5.41) is 2.03. The van der Waals surface area contributed by atoms with Crippen LogP contribution in [0, 0.1) is 5.92 Å². The van der Waals surface area contributed by atoms with Crippen LogP contribution in [0.1, 0.15) is 23.5 Å². The molecule has 1 amide bonds. The molecule has 0 bridgehead atoms.